The number of hydrogen-bond donors (Lipinski definition) is 0. The number of rotatable bonds is 4. The molecular weight excluding hydrogens is 192 g/mol. The van der Waals surface area contributed by atoms with Crippen LogP contribution in [-0.2, 0) is 9.53 Å². The molecule has 0 aliphatic heterocycles. The van der Waals surface area contributed by atoms with E-state index >= 15 is 0 Å². The third-order valence-corrected chi connectivity index (χ3v) is 1.94. The Morgan fingerprint density at radius 2 is 2.27 bits per heavy atom. The fourth-order valence-corrected chi connectivity index (χ4v) is 1.22. The van der Waals surface area contributed by atoms with Gasteiger partial charge in [-0.3, -0.25) is 4.79 Å². The van der Waals surface area contributed by atoms with Crippen molar-refractivity contribution in [3.63, 3.8) is 0 Å². The predicted molar refractivity (Wildman–Crippen MR) is 58.9 cm³/mol. The van der Waals surface area contributed by atoms with Crippen LogP contribution in [-0.4, -0.2) is 31.2 Å². The second-order valence-corrected chi connectivity index (χ2v) is 3.30. The van der Waals surface area contributed by atoms with Crippen molar-refractivity contribution in [3.05, 3.63) is 23.9 Å². The summed E-state index contributed by atoms with van der Waals surface area (Å²) in [7, 11) is 1.82. The Balaban J connectivity index is 2.60. The highest BCUT2D eigenvalue weighted by atomic mass is 16.5. The molecule has 0 radical (unpaired) electrons. The van der Waals surface area contributed by atoms with Crippen LogP contribution in [0.1, 0.15) is 12.6 Å². The summed E-state index contributed by atoms with van der Waals surface area (Å²) in [5.41, 5.74) is 0.934. The maximum Gasteiger partial charge on any atom is 0.325 e. The average molecular weight is 208 g/mol. The molecule has 0 bridgehead atoms. The van der Waals surface area contributed by atoms with Crippen LogP contribution in [0.25, 0.3) is 0 Å². The maximum atomic E-state index is 11.2. The SMILES string of the molecule is CCOC(=O)CN(C)c1cccc(C)n1. The standard InChI is InChI=1S/C11H16N2O2/c1-4-15-11(14)8-13(3)10-7-5-6-9(2)12-10/h5-7H,4,8H2,1-3H3. The molecular formula is C11H16N2O2. The van der Waals surface area contributed by atoms with Crippen LogP contribution in [0, 0.1) is 6.92 Å². The van der Waals surface area contributed by atoms with Crippen molar-refractivity contribution in [2.45, 2.75) is 13.8 Å². The molecule has 0 aliphatic carbocycles. The van der Waals surface area contributed by atoms with Gasteiger partial charge < -0.3 is 9.64 Å². The first kappa shape index (κ1) is 11.5. The molecule has 0 spiro atoms. The van der Waals surface area contributed by atoms with E-state index in [1.54, 1.807) is 11.8 Å². The minimum absolute atomic E-state index is 0.226. The molecule has 0 aliphatic rings. The second kappa shape index (κ2) is 5.34. The van der Waals surface area contributed by atoms with Gasteiger partial charge in [0.2, 0.25) is 0 Å². The monoisotopic (exact) mass is 208 g/mol. The summed E-state index contributed by atoms with van der Waals surface area (Å²) in [4.78, 5) is 17.3. The van der Waals surface area contributed by atoms with Gasteiger partial charge in [-0.1, -0.05) is 6.07 Å². The van der Waals surface area contributed by atoms with Crippen molar-refractivity contribution in [3.8, 4) is 0 Å². The highest BCUT2D eigenvalue weighted by Crippen LogP contribution is 2.08. The Hall–Kier alpha value is -1.58. The third kappa shape index (κ3) is 3.58. The fourth-order valence-electron chi connectivity index (χ4n) is 1.22. The summed E-state index contributed by atoms with van der Waals surface area (Å²) in [6, 6.07) is 5.70. The van der Waals surface area contributed by atoms with Crippen molar-refractivity contribution < 1.29 is 9.53 Å². The normalized spacial score (nSPS) is 9.80. The summed E-state index contributed by atoms with van der Waals surface area (Å²) in [5, 5.41) is 0. The Morgan fingerprint density at radius 3 is 2.87 bits per heavy atom. The Kier molecular flexibility index (Phi) is 4.09. The first-order chi connectivity index (χ1) is 7.13. The molecule has 1 heterocycles. The van der Waals surface area contributed by atoms with Crippen molar-refractivity contribution in [2.24, 2.45) is 0 Å². The maximum absolute atomic E-state index is 11.2. The number of nitrogens with zero attached hydrogens (tertiary/aromatic N) is 2. The zero-order chi connectivity index (χ0) is 11.3. The zero-order valence-electron chi connectivity index (χ0n) is 9.36. The number of esters is 1. The van der Waals surface area contributed by atoms with Gasteiger partial charge in [0.15, 0.2) is 0 Å². The molecule has 0 atom stereocenters. The Morgan fingerprint density at radius 1 is 1.53 bits per heavy atom. The Labute approximate surface area is 89.9 Å². The molecule has 0 fully saturated rings. The van der Waals surface area contributed by atoms with Gasteiger partial charge in [-0.05, 0) is 26.0 Å². The lowest BCUT2D eigenvalue weighted by Gasteiger charge is -2.17. The molecule has 0 saturated heterocycles. The van der Waals surface area contributed by atoms with Gasteiger partial charge in [0.25, 0.3) is 0 Å². The van der Waals surface area contributed by atoms with E-state index in [-0.39, 0.29) is 12.5 Å². The lowest BCUT2D eigenvalue weighted by molar-refractivity contribution is -0.141. The highest BCUT2D eigenvalue weighted by molar-refractivity contribution is 5.75. The number of pyridine rings is 1. The van der Waals surface area contributed by atoms with Crippen molar-refractivity contribution >= 4 is 11.8 Å². The molecule has 0 saturated carbocycles. The summed E-state index contributed by atoms with van der Waals surface area (Å²) in [5.74, 6) is 0.548. The second-order valence-electron chi connectivity index (χ2n) is 3.30. The van der Waals surface area contributed by atoms with Crippen molar-refractivity contribution in [2.75, 3.05) is 25.1 Å². The summed E-state index contributed by atoms with van der Waals surface area (Å²) in [6.45, 7) is 4.35. The molecule has 0 amide bonds. The van der Waals surface area contributed by atoms with Crippen molar-refractivity contribution in [1.29, 1.82) is 0 Å². The molecule has 4 heteroatoms. The summed E-state index contributed by atoms with van der Waals surface area (Å²) < 4.78 is 4.86. The predicted octanol–water partition coefficient (Wildman–Crippen LogP) is 1.39. The van der Waals surface area contributed by atoms with Gasteiger partial charge in [-0.2, -0.15) is 0 Å². The molecule has 1 rings (SSSR count). The average Bonchev–Trinajstić information content (AvgIpc) is 2.18. The Bertz CT molecular complexity index is 339. The van der Waals surface area contributed by atoms with E-state index in [9.17, 15) is 4.79 Å². The van der Waals surface area contributed by atoms with Crippen LogP contribution in [0.5, 0.6) is 0 Å². The smallest absolute Gasteiger partial charge is 0.325 e. The topological polar surface area (TPSA) is 42.4 Å². The molecule has 82 valence electrons. The lowest BCUT2D eigenvalue weighted by atomic mass is 10.3. The minimum Gasteiger partial charge on any atom is -0.465 e. The van der Waals surface area contributed by atoms with E-state index in [0.29, 0.717) is 6.61 Å². The van der Waals surface area contributed by atoms with E-state index in [2.05, 4.69) is 4.98 Å². The minimum atomic E-state index is -0.233. The summed E-state index contributed by atoms with van der Waals surface area (Å²) >= 11 is 0. The fraction of sp³-hybridized carbons (Fsp3) is 0.455. The number of carbonyl (C=O) groups excluding carboxylic acids is 1. The highest BCUT2D eigenvalue weighted by Gasteiger charge is 2.08. The van der Waals surface area contributed by atoms with Gasteiger partial charge >= 0.3 is 5.97 Å². The van der Waals surface area contributed by atoms with E-state index in [1.807, 2.05) is 32.2 Å². The van der Waals surface area contributed by atoms with Crippen LogP contribution >= 0.6 is 0 Å². The molecule has 15 heavy (non-hydrogen) atoms. The number of likely N-dealkylation sites (N-methyl/N-ethyl adjacent to an activating group) is 1. The van der Waals surface area contributed by atoms with Gasteiger partial charge in [0.1, 0.15) is 12.4 Å². The third-order valence-electron chi connectivity index (χ3n) is 1.94. The number of carbonyl (C=O) groups is 1. The quantitative estimate of drug-likeness (QED) is 0.701. The first-order valence-electron chi connectivity index (χ1n) is 4.94. The first-order valence-corrected chi connectivity index (χ1v) is 4.94. The zero-order valence-corrected chi connectivity index (χ0v) is 9.36. The van der Waals surface area contributed by atoms with E-state index in [4.69, 9.17) is 4.74 Å². The summed E-state index contributed by atoms with van der Waals surface area (Å²) in [6.07, 6.45) is 0. The number of aryl methyl sites for hydroxylation is 1. The molecule has 0 aromatic carbocycles. The van der Waals surface area contributed by atoms with Crippen LogP contribution in [0.2, 0.25) is 0 Å². The number of hydrogen-bond acceptors (Lipinski definition) is 4. The van der Waals surface area contributed by atoms with E-state index in [1.165, 1.54) is 0 Å². The molecule has 0 N–H and O–H groups in total. The largest absolute Gasteiger partial charge is 0.465 e. The van der Waals surface area contributed by atoms with Crippen LogP contribution in [0.3, 0.4) is 0 Å². The number of aromatic nitrogens is 1. The van der Waals surface area contributed by atoms with Gasteiger partial charge in [0.05, 0.1) is 6.61 Å². The van der Waals surface area contributed by atoms with Crippen LogP contribution in [0.15, 0.2) is 18.2 Å². The molecule has 1 aromatic heterocycles. The van der Waals surface area contributed by atoms with Crippen LogP contribution < -0.4 is 4.90 Å². The number of ether oxygens (including phenoxy) is 1. The number of anilines is 1. The molecule has 1 aromatic rings. The molecule has 4 nitrogen and oxygen atoms in total. The van der Waals surface area contributed by atoms with Gasteiger partial charge in [-0.15, -0.1) is 0 Å². The van der Waals surface area contributed by atoms with Gasteiger partial charge in [0, 0.05) is 12.7 Å². The van der Waals surface area contributed by atoms with E-state index in [0.717, 1.165) is 11.5 Å². The van der Waals surface area contributed by atoms with E-state index < -0.39 is 0 Å². The van der Waals surface area contributed by atoms with Crippen molar-refractivity contribution in [1.82, 2.24) is 4.98 Å². The molecule has 0 unspecified atom stereocenters. The van der Waals surface area contributed by atoms with Gasteiger partial charge in [-0.25, -0.2) is 4.98 Å². The lowest BCUT2D eigenvalue weighted by Crippen LogP contribution is -2.27. The van der Waals surface area contributed by atoms with Crippen LogP contribution in [0.4, 0.5) is 5.82 Å².